The van der Waals surface area contributed by atoms with Crippen LogP contribution in [0.4, 0.5) is 0 Å². The molecule has 0 aliphatic rings. The maximum Gasteiger partial charge on any atom is 0.303 e. The first-order valence-electron chi connectivity index (χ1n) is 4.83. The van der Waals surface area contributed by atoms with Crippen LogP contribution in [0.25, 0.3) is 0 Å². The van der Waals surface area contributed by atoms with Gasteiger partial charge in [-0.05, 0) is 11.5 Å². The maximum atomic E-state index is 10.9. The van der Waals surface area contributed by atoms with Gasteiger partial charge in [-0.15, -0.1) is 0 Å². The Kier molecular flexibility index (Phi) is 3.69. The van der Waals surface area contributed by atoms with E-state index < -0.39 is 0 Å². The van der Waals surface area contributed by atoms with Gasteiger partial charge in [-0.25, -0.2) is 0 Å². The Bertz CT molecular complexity index is 290. The molecule has 0 aromatic heterocycles. The smallest absolute Gasteiger partial charge is 0.303 e. The predicted molar refractivity (Wildman–Crippen MR) is 55.8 cm³/mol. The summed E-state index contributed by atoms with van der Waals surface area (Å²) in [5, 5.41) is 0. The summed E-state index contributed by atoms with van der Waals surface area (Å²) in [4.78, 5) is 10.9. The van der Waals surface area contributed by atoms with E-state index in [4.69, 9.17) is 4.74 Å². The molecule has 0 aliphatic heterocycles. The Labute approximate surface area is 84.9 Å². The summed E-state index contributed by atoms with van der Waals surface area (Å²) in [5.41, 5.74) is 1.05. The second kappa shape index (κ2) is 4.80. The lowest BCUT2D eigenvalue weighted by Gasteiger charge is -2.20. The molecule has 0 spiro atoms. The van der Waals surface area contributed by atoms with Gasteiger partial charge in [0.05, 0.1) is 0 Å². The second-order valence-corrected chi connectivity index (χ2v) is 3.68. The van der Waals surface area contributed by atoms with Gasteiger partial charge in [0.1, 0.15) is 6.10 Å². The van der Waals surface area contributed by atoms with Crippen LogP contribution in [0.2, 0.25) is 0 Å². The summed E-state index contributed by atoms with van der Waals surface area (Å²) >= 11 is 0. The van der Waals surface area contributed by atoms with Crippen LogP contribution in [0.3, 0.4) is 0 Å². The molecule has 0 fully saturated rings. The zero-order chi connectivity index (χ0) is 10.6. The molecule has 0 saturated carbocycles. The summed E-state index contributed by atoms with van der Waals surface area (Å²) in [5.74, 6) is 0.0638. The molecule has 2 heteroatoms. The highest BCUT2D eigenvalue weighted by molar-refractivity contribution is 5.66. The first-order valence-corrected chi connectivity index (χ1v) is 4.83. The van der Waals surface area contributed by atoms with E-state index in [-0.39, 0.29) is 12.1 Å². The summed E-state index contributed by atoms with van der Waals surface area (Å²) < 4.78 is 5.26. The van der Waals surface area contributed by atoms with E-state index in [1.165, 1.54) is 6.92 Å². The highest BCUT2D eigenvalue weighted by atomic mass is 16.5. The summed E-state index contributed by atoms with van der Waals surface area (Å²) in [6.07, 6.45) is -0.131. The van der Waals surface area contributed by atoms with Crippen molar-refractivity contribution in [2.75, 3.05) is 0 Å². The quantitative estimate of drug-likeness (QED) is 0.688. The molecule has 0 bridgehead atoms. The summed E-state index contributed by atoms with van der Waals surface area (Å²) in [6, 6.07) is 9.82. The molecule has 0 unspecified atom stereocenters. The standard InChI is InChI=1S/C12H16O2/c1-9(2)12(14-10(3)13)11-7-5-4-6-8-11/h4-9,12H,1-3H3/t12-/m0/s1. The molecular weight excluding hydrogens is 176 g/mol. The van der Waals surface area contributed by atoms with Crippen LogP contribution >= 0.6 is 0 Å². The van der Waals surface area contributed by atoms with Crippen LogP contribution in [-0.2, 0) is 9.53 Å². The summed E-state index contributed by atoms with van der Waals surface area (Å²) in [6.45, 7) is 5.53. The number of hydrogen-bond acceptors (Lipinski definition) is 2. The van der Waals surface area contributed by atoms with Crippen molar-refractivity contribution in [1.29, 1.82) is 0 Å². The van der Waals surface area contributed by atoms with Gasteiger partial charge in [-0.1, -0.05) is 44.2 Å². The van der Waals surface area contributed by atoms with Crippen LogP contribution in [-0.4, -0.2) is 5.97 Å². The molecule has 0 amide bonds. The van der Waals surface area contributed by atoms with E-state index in [0.29, 0.717) is 5.92 Å². The molecule has 1 rings (SSSR count). The van der Waals surface area contributed by atoms with E-state index in [9.17, 15) is 4.79 Å². The van der Waals surface area contributed by atoms with Crippen LogP contribution < -0.4 is 0 Å². The second-order valence-electron chi connectivity index (χ2n) is 3.68. The van der Waals surface area contributed by atoms with Crippen LogP contribution in [0, 0.1) is 5.92 Å². The Morgan fingerprint density at radius 1 is 1.21 bits per heavy atom. The Hall–Kier alpha value is -1.31. The largest absolute Gasteiger partial charge is 0.457 e. The fraction of sp³-hybridized carbons (Fsp3) is 0.417. The van der Waals surface area contributed by atoms with Crippen molar-refractivity contribution in [3.8, 4) is 0 Å². The minimum absolute atomic E-state index is 0.131. The Balaban J connectivity index is 2.83. The van der Waals surface area contributed by atoms with Gasteiger partial charge in [-0.2, -0.15) is 0 Å². The molecule has 0 aliphatic carbocycles. The first-order chi connectivity index (χ1) is 6.61. The zero-order valence-electron chi connectivity index (χ0n) is 8.86. The molecule has 1 atom stereocenters. The SMILES string of the molecule is CC(=O)O[C@H](c1ccccc1)C(C)C. The number of benzene rings is 1. The van der Waals surface area contributed by atoms with Gasteiger partial charge in [-0.3, -0.25) is 4.79 Å². The molecule has 76 valence electrons. The normalized spacial score (nSPS) is 12.6. The monoisotopic (exact) mass is 192 g/mol. The zero-order valence-corrected chi connectivity index (χ0v) is 8.86. The lowest BCUT2D eigenvalue weighted by Crippen LogP contribution is -2.14. The molecule has 1 aromatic rings. The number of esters is 1. The fourth-order valence-electron chi connectivity index (χ4n) is 1.41. The molecular formula is C12H16O2. The third-order valence-electron chi connectivity index (χ3n) is 2.03. The van der Waals surface area contributed by atoms with E-state index in [0.717, 1.165) is 5.56 Å². The third kappa shape index (κ3) is 2.87. The number of rotatable bonds is 3. The van der Waals surface area contributed by atoms with Gasteiger partial charge in [0.25, 0.3) is 0 Å². The van der Waals surface area contributed by atoms with Gasteiger partial charge < -0.3 is 4.74 Å². The van der Waals surface area contributed by atoms with Crippen molar-refractivity contribution in [2.45, 2.75) is 26.9 Å². The van der Waals surface area contributed by atoms with Crippen molar-refractivity contribution in [3.63, 3.8) is 0 Å². The average Bonchev–Trinajstić information content (AvgIpc) is 2.15. The van der Waals surface area contributed by atoms with Gasteiger partial charge in [0.2, 0.25) is 0 Å². The van der Waals surface area contributed by atoms with Crippen LogP contribution in [0.15, 0.2) is 30.3 Å². The van der Waals surface area contributed by atoms with E-state index in [1.807, 2.05) is 44.2 Å². The van der Waals surface area contributed by atoms with Gasteiger partial charge in [0, 0.05) is 6.92 Å². The summed E-state index contributed by atoms with van der Waals surface area (Å²) in [7, 11) is 0. The highest BCUT2D eigenvalue weighted by Gasteiger charge is 2.17. The fourth-order valence-corrected chi connectivity index (χ4v) is 1.41. The molecule has 0 radical (unpaired) electrons. The van der Waals surface area contributed by atoms with Crippen LogP contribution in [0.1, 0.15) is 32.4 Å². The topological polar surface area (TPSA) is 26.3 Å². The molecule has 0 saturated heterocycles. The molecule has 0 N–H and O–H groups in total. The number of hydrogen-bond donors (Lipinski definition) is 0. The van der Waals surface area contributed by atoms with Crippen molar-refractivity contribution in [2.24, 2.45) is 5.92 Å². The highest BCUT2D eigenvalue weighted by Crippen LogP contribution is 2.25. The average molecular weight is 192 g/mol. The van der Waals surface area contributed by atoms with Gasteiger partial charge in [0.15, 0.2) is 0 Å². The predicted octanol–water partition coefficient (Wildman–Crippen LogP) is 2.95. The number of ether oxygens (including phenoxy) is 1. The number of carbonyl (C=O) groups excluding carboxylic acids is 1. The lowest BCUT2D eigenvalue weighted by atomic mass is 9.99. The minimum Gasteiger partial charge on any atom is -0.457 e. The van der Waals surface area contributed by atoms with E-state index in [1.54, 1.807) is 0 Å². The van der Waals surface area contributed by atoms with Crippen molar-refractivity contribution in [3.05, 3.63) is 35.9 Å². The van der Waals surface area contributed by atoms with Gasteiger partial charge >= 0.3 is 5.97 Å². The van der Waals surface area contributed by atoms with Crippen molar-refractivity contribution >= 4 is 5.97 Å². The molecule has 1 aromatic carbocycles. The molecule has 0 heterocycles. The van der Waals surface area contributed by atoms with E-state index in [2.05, 4.69) is 0 Å². The molecule has 2 nitrogen and oxygen atoms in total. The minimum atomic E-state index is -0.229. The lowest BCUT2D eigenvalue weighted by molar-refractivity contribution is -0.149. The Morgan fingerprint density at radius 2 is 1.79 bits per heavy atom. The van der Waals surface area contributed by atoms with Crippen LogP contribution in [0.5, 0.6) is 0 Å². The molecule has 14 heavy (non-hydrogen) atoms. The maximum absolute atomic E-state index is 10.9. The van der Waals surface area contributed by atoms with Crippen molar-refractivity contribution < 1.29 is 9.53 Å². The Morgan fingerprint density at radius 3 is 2.21 bits per heavy atom. The van der Waals surface area contributed by atoms with Crippen molar-refractivity contribution in [1.82, 2.24) is 0 Å². The first kappa shape index (κ1) is 10.8. The third-order valence-corrected chi connectivity index (χ3v) is 2.03. The van der Waals surface area contributed by atoms with E-state index >= 15 is 0 Å². The number of carbonyl (C=O) groups is 1.